The Morgan fingerprint density at radius 3 is 2.17 bits per heavy atom. The van der Waals surface area contributed by atoms with Gasteiger partial charge in [-0.05, 0) is 47.4 Å². The van der Waals surface area contributed by atoms with Crippen LogP contribution in [0.5, 0.6) is 0 Å². The summed E-state index contributed by atoms with van der Waals surface area (Å²) in [5.74, 6) is 0.730. The molecule has 1 aliphatic rings. The summed E-state index contributed by atoms with van der Waals surface area (Å²) in [7, 11) is 0. The largest absolute Gasteiger partial charge is 0.354 e. The van der Waals surface area contributed by atoms with Crippen LogP contribution in [0.25, 0.3) is 20.2 Å². The van der Waals surface area contributed by atoms with Gasteiger partial charge in [-0.15, -0.1) is 11.3 Å². The zero-order valence-electron chi connectivity index (χ0n) is 18.3. The average Bonchev–Trinajstić information content (AvgIpc) is 3.14. The van der Waals surface area contributed by atoms with Crippen molar-refractivity contribution >= 4 is 42.9 Å². The molecule has 1 fully saturated rings. The third-order valence-electron chi connectivity index (χ3n) is 6.60. The van der Waals surface area contributed by atoms with Crippen LogP contribution in [0.3, 0.4) is 0 Å². The first-order valence-electron chi connectivity index (χ1n) is 11.3. The first-order chi connectivity index (χ1) is 14.5. The summed E-state index contributed by atoms with van der Waals surface area (Å²) >= 11 is 1.98. The molecule has 1 heterocycles. The monoisotopic (exact) mass is 413 g/mol. The molecule has 154 valence electrons. The Bertz CT molecular complexity index is 1190. The molecule has 1 saturated carbocycles. The Morgan fingerprint density at radius 1 is 0.733 bits per heavy atom. The van der Waals surface area contributed by atoms with Gasteiger partial charge in [-0.1, -0.05) is 88.6 Å². The molecule has 0 unspecified atom stereocenters. The molecule has 0 aliphatic heterocycles. The van der Waals surface area contributed by atoms with Gasteiger partial charge in [0.2, 0.25) is 0 Å². The maximum Gasteiger partial charge on any atom is 0.0590 e. The highest BCUT2D eigenvalue weighted by Gasteiger charge is 2.21. The molecule has 0 radical (unpaired) electrons. The van der Waals surface area contributed by atoms with Gasteiger partial charge in [-0.2, -0.15) is 0 Å². The highest BCUT2D eigenvalue weighted by molar-refractivity contribution is 7.26. The maximum atomic E-state index is 3.79. The van der Waals surface area contributed by atoms with E-state index in [4.69, 9.17) is 0 Å². The Labute approximate surface area is 184 Å². The SMILES string of the molecule is CC(C)(C)c1ccccc1Nc1cccc2c1sc1c(C3CCCCC3)cccc12. The standard InChI is InChI=1S/C28H31NS/c1-28(2,3)23-16-7-8-17-24(23)29-25-18-10-15-22-21-14-9-13-20(26(21)30-27(22)25)19-11-5-4-6-12-19/h7-10,13-19,29H,4-6,11-12H2,1-3H3. The van der Waals surface area contributed by atoms with Gasteiger partial charge in [0, 0.05) is 21.2 Å². The van der Waals surface area contributed by atoms with E-state index in [9.17, 15) is 0 Å². The minimum absolute atomic E-state index is 0.103. The molecule has 1 aliphatic carbocycles. The minimum Gasteiger partial charge on any atom is -0.354 e. The number of rotatable bonds is 3. The number of hydrogen-bond acceptors (Lipinski definition) is 2. The molecule has 0 saturated heterocycles. The third-order valence-corrected chi connectivity index (χ3v) is 7.91. The summed E-state index contributed by atoms with van der Waals surface area (Å²) in [6.45, 7) is 6.85. The molecule has 2 heteroatoms. The fourth-order valence-electron chi connectivity index (χ4n) is 5.07. The lowest BCUT2D eigenvalue weighted by atomic mass is 9.84. The molecule has 0 atom stereocenters. The first kappa shape index (κ1) is 19.6. The minimum atomic E-state index is 0.103. The summed E-state index contributed by atoms with van der Waals surface area (Å²) in [5, 5.41) is 6.59. The number of benzene rings is 3. The predicted octanol–water partition coefficient (Wildman–Crippen LogP) is 9.14. The van der Waals surface area contributed by atoms with Crippen molar-refractivity contribution in [3.05, 3.63) is 71.8 Å². The van der Waals surface area contributed by atoms with Crippen molar-refractivity contribution in [3.63, 3.8) is 0 Å². The molecule has 0 amide bonds. The zero-order valence-corrected chi connectivity index (χ0v) is 19.1. The second-order valence-electron chi connectivity index (χ2n) is 9.76. The highest BCUT2D eigenvalue weighted by Crippen LogP contribution is 2.45. The van der Waals surface area contributed by atoms with Gasteiger partial charge in [-0.3, -0.25) is 0 Å². The molecule has 1 N–H and O–H groups in total. The smallest absolute Gasteiger partial charge is 0.0590 e. The van der Waals surface area contributed by atoms with Crippen LogP contribution in [0.2, 0.25) is 0 Å². The van der Waals surface area contributed by atoms with E-state index in [1.807, 2.05) is 11.3 Å². The van der Waals surface area contributed by atoms with Crippen molar-refractivity contribution in [3.8, 4) is 0 Å². The van der Waals surface area contributed by atoms with Crippen LogP contribution in [-0.2, 0) is 5.41 Å². The van der Waals surface area contributed by atoms with Crippen LogP contribution in [0.15, 0.2) is 60.7 Å². The Hall–Kier alpha value is -2.32. The van der Waals surface area contributed by atoms with Crippen molar-refractivity contribution in [2.24, 2.45) is 0 Å². The fraction of sp³-hybridized carbons (Fsp3) is 0.357. The lowest BCUT2D eigenvalue weighted by Crippen LogP contribution is -2.13. The number of nitrogens with one attached hydrogen (secondary N) is 1. The third kappa shape index (κ3) is 3.52. The lowest BCUT2D eigenvalue weighted by molar-refractivity contribution is 0.446. The highest BCUT2D eigenvalue weighted by atomic mass is 32.1. The van der Waals surface area contributed by atoms with Crippen LogP contribution in [0.4, 0.5) is 11.4 Å². The predicted molar refractivity (Wildman–Crippen MR) is 134 cm³/mol. The van der Waals surface area contributed by atoms with E-state index in [1.54, 1.807) is 5.56 Å². The molecule has 0 bridgehead atoms. The van der Waals surface area contributed by atoms with Gasteiger partial charge in [0.25, 0.3) is 0 Å². The van der Waals surface area contributed by atoms with E-state index in [0.717, 1.165) is 5.92 Å². The van der Waals surface area contributed by atoms with E-state index < -0.39 is 0 Å². The molecule has 0 spiro atoms. The summed E-state index contributed by atoms with van der Waals surface area (Å²) in [6, 6.07) is 22.4. The normalized spacial score (nSPS) is 15.7. The maximum absolute atomic E-state index is 3.79. The van der Waals surface area contributed by atoms with Gasteiger partial charge in [0.15, 0.2) is 0 Å². The molecule has 30 heavy (non-hydrogen) atoms. The van der Waals surface area contributed by atoms with Gasteiger partial charge in [-0.25, -0.2) is 0 Å². The van der Waals surface area contributed by atoms with E-state index >= 15 is 0 Å². The molecule has 1 aromatic heterocycles. The fourth-order valence-corrected chi connectivity index (χ4v) is 6.43. The lowest BCUT2D eigenvalue weighted by Gasteiger charge is -2.23. The van der Waals surface area contributed by atoms with Crippen LogP contribution in [-0.4, -0.2) is 0 Å². The van der Waals surface area contributed by atoms with Crippen LogP contribution in [0, 0.1) is 0 Å². The number of para-hydroxylation sites is 1. The molecular weight excluding hydrogens is 382 g/mol. The molecule has 4 aromatic rings. The summed E-state index contributed by atoms with van der Waals surface area (Å²) < 4.78 is 2.87. The van der Waals surface area contributed by atoms with Gasteiger partial charge in [0.1, 0.15) is 0 Å². The summed E-state index contributed by atoms with van der Waals surface area (Å²) in [5.41, 5.74) is 5.47. The number of thiophene rings is 1. The van der Waals surface area contributed by atoms with Gasteiger partial charge < -0.3 is 5.32 Å². The molecule has 5 rings (SSSR count). The molecular formula is C28H31NS. The van der Waals surface area contributed by atoms with Gasteiger partial charge >= 0.3 is 0 Å². The Balaban J connectivity index is 1.63. The van der Waals surface area contributed by atoms with Crippen molar-refractivity contribution in [1.29, 1.82) is 0 Å². The summed E-state index contributed by atoms with van der Waals surface area (Å²) in [6.07, 6.45) is 6.85. The van der Waals surface area contributed by atoms with Crippen LogP contribution >= 0.6 is 11.3 Å². The Kier molecular flexibility index (Phi) is 5.06. The van der Waals surface area contributed by atoms with Crippen molar-refractivity contribution in [2.75, 3.05) is 5.32 Å². The quantitative estimate of drug-likeness (QED) is 0.353. The van der Waals surface area contributed by atoms with Crippen molar-refractivity contribution < 1.29 is 0 Å². The zero-order chi connectivity index (χ0) is 20.7. The second kappa shape index (κ2) is 7.74. The van der Waals surface area contributed by atoms with Crippen molar-refractivity contribution in [2.45, 2.75) is 64.2 Å². The number of anilines is 2. The van der Waals surface area contributed by atoms with E-state index in [1.165, 1.54) is 69.2 Å². The second-order valence-corrected chi connectivity index (χ2v) is 10.8. The number of hydrogen-bond donors (Lipinski definition) is 1. The topological polar surface area (TPSA) is 12.0 Å². The van der Waals surface area contributed by atoms with Gasteiger partial charge in [0.05, 0.1) is 10.4 Å². The van der Waals surface area contributed by atoms with E-state index in [0.29, 0.717) is 0 Å². The first-order valence-corrected chi connectivity index (χ1v) is 12.1. The van der Waals surface area contributed by atoms with E-state index in [2.05, 4.69) is 86.8 Å². The van der Waals surface area contributed by atoms with Crippen molar-refractivity contribution in [1.82, 2.24) is 0 Å². The molecule has 1 nitrogen and oxygen atoms in total. The Morgan fingerprint density at radius 2 is 1.40 bits per heavy atom. The number of fused-ring (bicyclic) bond motifs is 3. The van der Waals surface area contributed by atoms with Crippen LogP contribution in [0.1, 0.15) is 69.9 Å². The van der Waals surface area contributed by atoms with Crippen LogP contribution < -0.4 is 5.32 Å². The summed E-state index contributed by atoms with van der Waals surface area (Å²) in [4.78, 5) is 0. The molecule has 3 aromatic carbocycles. The van der Waals surface area contributed by atoms with E-state index in [-0.39, 0.29) is 5.41 Å². The average molecular weight is 414 g/mol.